The van der Waals surface area contributed by atoms with E-state index >= 15 is 0 Å². The molecular formula is C11H14BrN3. The van der Waals surface area contributed by atoms with E-state index in [-0.39, 0.29) is 5.54 Å². The quantitative estimate of drug-likeness (QED) is 0.859. The van der Waals surface area contributed by atoms with Crippen molar-refractivity contribution >= 4 is 27.3 Å². The number of rotatable bonds is 1. The predicted octanol–water partition coefficient (Wildman–Crippen LogP) is 3.31. The standard InChI is InChI=1S/C11H14BrN3/c1-11(2,3)14-9-6-8(12)7-15-5-4-13-10(9)15/h4-7,14H,1-3H3. The van der Waals surface area contributed by atoms with Gasteiger partial charge in [-0.1, -0.05) is 0 Å². The fraction of sp³-hybridized carbons (Fsp3) is 0.364. The van der Waals surface area contributed by atoms with Crippen molar-refractivity contribution in [3.8, 4) is 0 Å². The number of hydrogen-bond acceptors (Lipinski definition) is 2. The number of nitrogens with zero attached hydrogens (tertiary/aromatic N) is 2. The predicted molar refractivity (Wildman–Crippen MR) is 66.3 cm³/mol. The third kappa shape index (κ3) is 2.31. The third-order valence-corrected chi connectivity index (χ3v) is 2.40. The molecule has 15 heavy (non-hydrogen) atoms. The SMILES string of the molecule is CC(C)(C)Nc1cc(Br)cn2ccnc12. The van der Waals surface area contributed by atoms with Crippen molar-refractivity contribution in [2.24, 2.45) is 0 Å². The molecule has 2 rings (SSSR count). The summed E-state index contributed by atoms with van der Waals surface area (Å²) in [6, 6.07) is 2.05. The highest BCUT2D eigenvalue weighted by Gasteiger charge is 2.12. The molecule has 0 aromatic carbocycles. The molecule has 2 aromatic rings. The van der Waals surface area contributed by atoms with Crippen molar-refractivity contribution in [1.29, 1.82) is 0 Å². The van der Waals surface area contributed by atoms with Crippen LogP contribution in [0.1, 0.15) is 20.8 Å². The molecular weight excluding hydrogens is 254 g/mol. The maximum atomic E-state index is 4.32. The molecule has 0 fully saturated rings. The van der Waals surface area contributed by atoms with Crippen LogP contribution in [-0.4, -0.2) is 14.9 Å². The lowest BCUT2D eigenvalue weighted by Crippen LogP contribution is -2.26. The van der Waals surface area contributed by atoms with E-state index < -0.39 is 0 Å². The van der Waals surface area contributed by atoms with E-state index in [1.807, 2.05) is 22.9 Å². The van der Waals surface area contributed by atoms with E-state index in [1.54, 1.807) is 6.20 Å². The minimum atomic E-state index is 0.0350. The molecule has 0 bridgehead atoms. The molecule has 0 radical (unpaired) electrons. The van der Waals surface area contributed by atoms with Crippen molar-refractivity contribution in [3.05, 3.63) is 29.1 Å². The van der Waals surface area contributed by atoms with Crippen LogP contribution in [0.15, 0.2) is 29.1 Å². The zero-order valence-corrected chi connectivity index (χ0v) is 10.7. The van der Waals surface area contributed by atoms with Crippen LogP contribution in [0.2, 0.25) is 0 Å². The first-order valence-corrected chi connectivity index (χ1v) is 5.65. The van der Waals surface area contributed by atoms with Crippen LogP contribution >= 0.6 is 15.9 Å². The van der Waals surface area contributed by atoms with Gasteiger partial charge < -0.3 is 9.72 Å². The molecule has 0 unspecified atom stereocenters. The molecule has 0 saturated carbocycles. The van der Waals surface area contributed by atoms with Gasteiger partial charge in [-0.05, 0) is 42.8 Å². The molecule has 2 aromatic heterocycles. The zero-order chi connectivity index (χ0) is 11.1. The Kier molecular flexibility index (Phi) is 2.46. The van der Waals surface area contributed by atoms with Gasteiger partial charge in [-0.2, -0.15) is 0 Å². The van der Waals surface area contributed by atoms with Crippen molar-refractivity contribution in [2.75, 3.05) is 5.32 Å². The molecule has 0 aliphatic rings. The van der Waals surface area contributed by atoms with E-state index in [2.05, 4.69) is 47.0 Å². The van der Waals surface area contributed by atoms with Crippen LogP contribution in [0, 0.1) is 0 Å². The topological polar surface area (TPSA) is 29.3 Å². The van der Waals surface area contributed by atoms with E-state index in [1.165, 1.54) is 0 Å². The van der Waals surface area contributed by atoms with Crippen LogP contribution < -0.4 is 5.32 Å². The molecule has 3 nitrogen and oxygen atoms in total. The largest absolute Gasteiger partial charge is 0.377 e. The fourth-order valence-electron chi connectivity index (χ4n) is 1.49. The van der Waals surface area contributed by atoms with Gasteiger partial charge in [0, 0.05) is 28.6 Å². The van der Waals surface area contributed by atoms with Gasteiger partial charge in [-0.3, -0.25) is 0 Å². The molecule has 0 amide bonds. The molecule has 1 N–H and O–H groups in total. The first-order chi connectivity index (χ1) is 6.96. The number of anilines is 1. The zero-order valence-electron chi connectivity index (χ0n) is 9.08. The second-order valence-electron chi connectivity index (χ2n) is 4.61. The van der Waals surface area contributed by atoms with Gasteiger partial charge in [0.2, 0.25) is 0 Å². The Morgan fingerprint density at radius 3 is 2.80 bits per heavy atom. The number of hydrogen-bond donors (Lipinski definition) is 1. The van der Waals surface area contributed by atoms with Crippen LogP contribution in [0.4, 0.5) is 5.69 Å². The highest BCUT2D eigenvalue weighted by molar-refractivity contribution is 9.10. The van der Waals surface area contributed by atoms with Gasteiger partial charge in [0.15, 0.2) is 5.65 Å². The number of fused-ring (bicyclic) bond motifs is 1. The number of nitrogens with one attached hydrogen (secondary N) is 1. The Morgan fingerprint density at radius 1 is 1.40 bits per heavy atom. The van der Waals surface area contributed by atoms with E-state index in [0.29, 0.717) is 0 Å². The van der Waals surface area contributed by atoms with Gasteiger partial charge >= 0.3 is 0 Å². The number of aromatic nitrogens is 2. The van der Waals surface area contributed by atoms with Crippen LogP contribution in [-0.2, 0) is 0 Å². The van der Waals surface area contributed by atoms with Crippen LogP contribution in [0.25, 0.3) is 5.65 Å². The summed E-state index contributed by atoms with van der Waals surface area (Å²) in [6.07, 6.45) is 5.74. The lowest BCUT2D eigenvalue weighted by atomic mass is 10.1. The van der Waals surface area contributed by atoms with Crippen LogP contribution in [0.5, 0.6) is 0 Å². The maximum Gasteiger partial charge on any atom is 0.160 e. The molecule has 4 heteroatoms. The highest BCUT2D eigenvalue weighted by Crippen LogP contribution is 2.24. The Hall–Kier alpha value is -1.03. The Bertz CT molecular complexity index is 482. The molecule has 0 spiro atoms. The average molecular weight is 268 g/mol. The Balaban J connectivity index is 2.53. The molecule has 0 atom stereocenters. The lowest BCUT2D eigenvalue weighted by molar-refractivity contribution is 0.634. The normalized spacial score (nSPS) is 12.0. The highest BCUT2D eigenvalue weighted by atomic mass is 79.9. The third-order valence-electron chi connectivity index (χ3n) is 1.96. The summed E-state index contributed by atoms with van der Waals surface area (Å²) in [6.45, 7) is 6.40. The number of pyridine rings is 1. The first kappa shape index (κ1) is 10.5. The summed E-state index contributed by atoms with van der Waals surface area (Å²) in [5.41, 5.74) is 2.03. The van der Waals surface area contributed by atoms with Gasteiger partial charge in [0.05, 0.1) is 5.69 Å². The summed E-state index contributed by atoms with van der Waals surface area (Å²) >= 11 is 3.49. The summed E-state index contributed by atoms with van der Waals surface area (Å²) in [5.74, 6) is 0. The Morgan fingerprint density at radius 2 is 2.13 bits per heavy atom. The lowest BCUT2D eigenvalue weighted by Gasteiger charge is -2.22. The molecule has 2 heterocycles. The minimum absolute atomic E-state index is 0.0350. The molecule has 0 aliphatic carbocycles. The van der Waals surface area contributed by atoms with Gasteiger partial charge in [0.25, 0.3) is 0 Å². The second-order valence-corrected chi connectivity index (χ2v) is 5.52. The minimum Gasteiger partial charge on any atom is -0.377 e. The van der Waals surface area contributed by atoms with Crippen molar-refractivity contribution in [3.63, 3.8) is 0 Å². The van der Waals surface area contributed by atoms with Crippen molar-refractivity contribution in [1.82, 2.24) is 9.38 Å². The second kappa shape index (κ2) is 3.52. The number of halogens is 1. The smallest absolute Gasteiger partial charge is 0.160 e. The van der Waals surface area contributed by atoms with Crippen molar-refractivity contribution < 1.29 is 0 Å². The van der Waals surface area contributed by atoms with E-state index in [9.17, 15) is 0 Å². The molecule has 80 valence electrons. The monoisotopic (exact) mass is 267 g/mol. The maximum absolute atomic E-state index is 4.32. The van der Waals surface area contributed by atoms with Gasteiger partial charge in [-0.15, -0.1) is 0 Å². The van der Waals surface area contributed by atoms with E-state index in [0.717, 1.165) is 15.8 Å². The number of imidazole rings is 1. The van der Waals surface area contributed by atoms with Crippen LogP contribution in [0.3, 0.4) is 0 Å². The molecule has 0 aliphatic heterocycles. The summed E-state index contributed by atoms with van der Waals surface area (Å²) in [4.78, 5) is 4.32. The molecule has 0 saturated heterocycles. The summed E-state index contributed by atoms with van der Waals surface area (Å²) in [7, 11) is 0. The van der Waals surface area contributed by atoms with E-state index in [4.69, 9.17) is 0 Å². The first-order valence-electron chi connectivity index (χ1n) is 4.86. The average Bonchev–Trinajstić information content (AvgIpc) is 2.48. The fourth-order valence-corrected chi connectivity index (χ4v) is 1.94. The summed E-state index contributed by atoms with van der Waals surface area (Å²) in [5, 5.41) is 3.44. The summed E-state index contributed by atoms with van der Waals surface area (Å²) < 4.78 is 3.04. The van der Waals surface area contributed by atoms with Gasteiger partial charge in [0.1, 0.15) is 0 Å². The van der Waals surface area contributed by atoms with Gasteiger partial charge in [-0.25, -0.2) is 4.98 Å². The van der Waals surface area contributed by atoms with Crippen molar-refractivity contribution in [2.45, 2.75) is 26.3 Å². The Labute approximate surface area is 97.6 Å².